The molecule has 0 atom stereocenters. The van der Waals surface area contributed by atoms with Gasteiger partial charge in [-0.3, -0.25) is 4.79 Å². The van der Waals surface area contributed by atoms with E-state index in [1.165, 1.54) is 0 Å². The highest BCUT2D eigenvalue weighted by Gasteiger charge is 2.37. The van der Waals surface area contributed by atoms with Crippen LogP contribution in [0.25, 0.3) is 16.6 Å². The van der Waals surface area contributed by atoms with E-state index in [0.29, 0.717) is 19.0 Å². The van der Waals surface area contributed by atoms with E-state index in [9.17, 15) is 4.79 Å². The summed E-state index contributed by atoms with van der Waals surface area (Å²) in [6, 6.07) is 4.23. The monoisotopic (exact) mass is 349 g/mol. The van der Waals surface area contributed by atoms with Gasteiger partial charge in [0, 0.05) is 36.5 Å². The molecule has 1 aliphatic carbocycles. The Morgan fingerprint density at radius 2 is 2.08 bits per heavy atom. The summed E-state index contributed by atoms with van der Waals surface area (Å²) >= 11 is 0. The Balaban J connectivity index is 1.33. The highest BCUT2D eigenvalue weighted by atomic mass is 16.2. The summed E-state index contributed by atoms with van der Waals surface area (Å²) in [5, 5.41) is 18.6. The van der Waals surface area contributed by atoms with Gasteiger partial charge in [0.25, 0.3) is 0 Å². The van der Waals surface area contributed by atoms with Gasteiger partial charge in [0.05, 0.1) is 17.7 Å². The van der Waals surface area contributed by atoms with Crippen molar-refractivity contribution >= 4 is 22.5 Å². The number of nitriles is 1. The van der Waals surface area contributed by atoms with E-state index < -0.39 is 0 Å². The third kappa shape index (κ3) is 2.27. The number of rotatable bonds is 2. The van der Waals surface area contributed by atoms with Crippen molar-refractivity contribution in [2.75, 3.05) is 13.1 Å². The summed E-state index contributed by atoms with van der Waals surface area (Å²) in [5.41, 5.74) is 2.87. The van der Waals surface area contributed by atoms with Crippen LogP contribution in [0.5, 0.6) is 0 Å². The summed E-state index contributed by atoms with van der Waals surface area (Å²) in [6.07, 6.45) is 7.19. The molecule has 1 saturated carbocycles. The smallest absolute Gasteiger partial charge is 0.225 e. The number of amides is 1. The third-order valence-electron chi connectivity index (χ3n) is 5.84. The predicted molar refractivity (Wildman–Crippen MR) is 93.0 cm³/mol. The normalized spacial score (nSPS) is 23.9. The molecule has 3 aromatic heterocycles. The van der Waals surface area contributed by atoms with E-state index in [0.717, 1.165) is 47.9 Å². The van der Waals surface area contributed by atoms with Gasteiger partial charge < -0.3 is 9.88 Å². The first-order valence-electron chi connectivity index (χ1n) is 9.10. The van der Waals surface area contributed by atoms with Crippen molar-refractivity contribution in [3.8, 4) is 6.07 Å². The molecular formula is C18H19N7O. The molecule has 2 aliphatic rings. The number of nitrogens with zero attached hydrogens (tertiary/aromatic N) is 6. The van der Waals surface area contributed by atoms with Gasteiger partial charge in [0.2, 0.25) is 5.91 Å². The number of likely N-dealkylation sites (tertiary alicyclic amines) is 1. The van der Waals surface area contributed by atoms with Crippen molar-refractivity contribution in [1.29, 1.82) is 5.26 Å². The van der Waals surface area contributed by atoms with Crippen molar-refractivity contribution in [1.82, 2.24) is 29.7 Å². The molecule has 1 aliphatic heterocycles. The molecule has 0 bridgehead atoms. The Morgan fingerprint density at radius 3 is 2.85 bits per heavy atom. The number of carbonyl (C=O) groups excluding carboxylic acids is 1. The standard InChI is InChI=1S/C18H19N7O/c19-7-11-8-24(9-11)18(26)13-3-1-12(2-4-13)15-16-14-5-6-20-17(14)21-10-25(16)23-22-15/h5-6,10-13,20H,1-4,8-9H2. The van der Waals surface area contributed by atoms with E-state index in [-0.39, 0.29) is 17.7 Å². The fourth-order valence-electron chi connectivity index (χ4n) is 4.31. The van der Waals surface area contributed by atoms with Gasteiger partial charge in [-0.05, 0) is 31.7 Å². The number of hydrogen-bond acceptors (Lipinski definition) is 5. The topological polar surface area (TPSA) is 103 Å². The zero-order valence-electron chi connectivity index (χ0n) is 14.3. The third-order valence-corrected chi connectivity index (χ3v) is 5.84. The second kappa shape index (κ2) is 5.80. The molecule has 1 saturated heterocycles. The Bertz CT molecular complexity index is 1020. The average molecular weight is 349 g/mol. The quantitative estimate of drug-likeness (QED) is 0.760. The molecule has 1 amide bonds. The van der Waals surface area contributed by atoms with Crippen LogP contribution in [0, 0.1) is 23.2 Å². The minimum atomic E-state index is 0.0237. The maximum Gasteiger partial charge on any atom is 0.225 e. The lowest BCUT2D eigenvalue weighted by molar-refractivity contribution is -0.141. The fourth-order valence-corrected chi connectivity index (χ4v) is 4.31. The fraction of sp³-hybridized carbons (Fsp3) is 0.500. The molecule has 3 aromatic rings. The SMILES string of the molecule is N#CC1CN(C(=O)C2CCC(c3nnn4cnc5[nH]ccc5c34)CC2)C1. The van der Waals surface area contributed by atoms with E-state index in [2.05, 4.69) is 26.3 Å². The van der Waals surface area contributed by atoms with Gasteiger partial charge in [0.1, 0.15) is 17.5 Å². The van der Waals surface area contributed by atoms with E-state index in [4.69, 9.17) is 5.26 Å². The number of hydrogen-bond donors (Lipinski definition) is 1. The maximum atomic E-state index is 12.6. The summed E-state index contributed by atoms with van der Waals surface area (Å²) < 4.78 is 1.74. The minimum Gasteiger partial charge on any atom is -0.346 e. The lowest BCUT2D eigenvalue weighted by Crippen LogP contribution is -2.51. The molecule has 132 valence electrons. The van der Waals surface area contributed by atoms with Gasteiger partial charge in [0.15, 0.2) is 0 Å². The number of fused-ring (bicyclic) bond motifs is 3. The Hall–Kier alpha value is -2.95. The van der Waals surface area contributed by atoms with Crippen LogP contribution in [0.4, 0.5) is 0 Å². The van der Waals surface area contributed by atoms with E-state index in [1.807, 2.05) is 17.2 Å². The van der Waals surface area contributed by atoms with Crippen LogP contribution in [0.1, 0.15) is 37.3 Å². The Morgan fingerprint density at radius 1 is 1.27 bits per heavy atom. The number of aromatic nitrogens is 5. The Labute approximate surface area is 149 Å². The molecule has 0 unspecified atom stereocenters. The van der Waals surface area contributed by atoms with Crippen LogP contribution < -0.4 is 0 Å². The molecule has 8 nitrogen and oxygen atoms in total. The molecule has 26 heavy (non-hydrogen) atoms. The highest BCUT2D eigenvalue weighted by Crippen LogP contribution is 2.38. The maximum absolute atomic E-state index is 12.6. The lowest BCUT2D eigenvalue weighted by Gasteiger charge is -2.39. The van der Waals surface area contributed by atoms with Crippen LogP contribution >= 0.6 is 0 Å². The van der Waals surface area contributed by atoms with Gasteiger partial charge in [-0.15, -0.1) is 5.10 Å². The number of carbonyl (C=O) groups is 1. The van der Waals surface area contributed by atoms with Crippen LogP contribution in [-0.2, 0) is 4.79 Å². The first-order chi connectivity index (χ1) is 12.7. The summed E-state index contributed by atoms with van der Waals surface area (Å²) in [6.45, 7) is 1.20. The van der Waals surface area contributed by atoms with Crippen molar-refractivity contribution in [2.45, 2.75) is 31.6 Å². The van der Waals surface area contributed by atoms with Gasteiger partial charge in [-0.2, -0.15) is 5.26 Å². The van der Waals surface area contributed by atoms with Gasteiger partial charge >= 0.3 is 0 Å². The largest absolute Gasteiger partial charge is 0.346 e. The van der Waals surface area contributed by atoms with Crippen molar-refractivity contribution < 1.29 is 4.79 Å². The second-order valence-electron chi connectivity index (χ2n) is 7.37. The van der Waals surface area contributed by atoms with Gasteiger partial charge in [-0.25, -0.2) is 9.50 Å². The van der Waals surface area contributed by atoms with Crippen LogP contribution in [0.15, 0.2) is 18.6 Å². The van der Waals surface area contributed by atoms with E-state index >= 15 is 0 Å². The van der Waals surface area contributed by atoms with Crippen LogP contribution in [0.2, 0.25) is 0 Å². The molecule has 0 spiro atoms. The van der Waals surface area contributed by atoms with Crippen molar-refractivity contribution in [2.24, 2.45) is 11.8 Å². The van der Waals surface area contributed by atoms with Gasteiger partial charge in [-0.1, -0.05) is 5.21 Å². The van der Waals surface area contributed by atoms with Crippen molar-refractivity contribution in [3.63, 3.8) is 0 Å². The summed E-state index contributed by atoms with van der Waals surface area (Å²) in [7, 11) is 0. The van der Waals surface area contributed by atoms with Crippen molar-refractivity contribution in [3.05, 3.63) is 24.3 Å². The highest BCUT2D eigenvalue weighted by molar-refractivity contribution is 5.92. The molecule has 0 radical (unpaired) electrons. The zero-order chi connectivity index (χ0) is 17.7. The zero-order valence-corrected chi connectivity index (χ0v) is 14.3. The lowest BCUT2D eigenvalue weighted by atomic mass is 9.79. The summed E-state index contributed by atoms with van der Waals surface area (Å²) in [5.74, 6) is 0.651. The number of nitrogens with one attached hydrogen (secondary N) is 1. The Kier molecular flexibility index (Phi) is 3.42. The number of aromatic amines is 1. The molecule has 2 fully saturated rings. The second-order valence-corrected chi connectivity index (χ2v) is 7.37. The van der Waals surface area contributed by atoms with Crippen LogP contribution in [-0.4, -0.2) is 48.7 Å². The predicted octanol–water partition coefficient (Wildman–Crippen LogP) is 1.86. The average Bonchev–Trinajstić information content (AvgIpc) is 3.27. The molecule has 0 aromatic carbocycles. The first kappa shape index (κ1) is 15.3. The van der Waals surface area contributed by atoms with E-state index in [1.54, 1.807) is 10.8 Å². The number of H-pyrrole nitrogens is 1. The molecule has 8 heteroatoms. The molecule has 5 rings (SSSR count). The minimum absolute atomic E-state index is 0.0237. The van der Waals surface area contributed by atoms with Crippen LogP contribution in [0.3, 0.4) is 0 Å². The molecule has 1 N–H and O–H groups in total. The first-order valence-corrected chi connectivity index (χ1v) is 9.10. The molecule has 4 heterocycles. The molecular weight excluding hydrogens is 330 g/mol. The summed E-state index contributed by atoms with van der Waals surface area (Å²) in [4.78, 5) is 21.9.